The van der Waals surface area contributed by atoms with Crippen molar-refractivity contribution >= 4 is 18.1 Å². The Hall–Kier alpha value is -2.13. The van der Waals surface area contributed by atoms with Crippen LogP contribution in [0.15, 0.2) is 12.1 Å². The molecule has 28 heavy (non-hydrogen) atoms. The fraction of sp³-hybridized carbons (Fsp3) is 0.474. The van der Waals surface area contributed by atoms with E-state index in [-0.39, 0.29) is 24.4 Å². The molecule has 0 spiro atoms. The van der Waals surface area contributed by atoms with Crippen molar-refractivity contribution in [1.82, 2.24) is 14.0 Å². The van der Waals surface area contributed by atoms with Gasteiger partial charge in [-0.2, -0.15) is 0 Å². The van der Waals surface area contributed by atoms with Gasteiger partial charge in [-0.15, -0.1) is 0 Å². The highest BCUT2D eigenvalue weighted by Crippen LogP contribution is 2.36. The highest BCUT2D eigenvalue weighted by Gasteiger charge is 2.33. The number of nitrogens with zero attached hydrogens (tertiary/aromatic N) is 3. The lowest BCUT2D eigenvalue weighted by molar-refractivity contribution is -0.134. The second kappa shape index (κ2) is 7.36. The number of carbonyl (C=O) groups excluding carboxylic acids is 1. The largest absolute Gasteiger partial charge is 0.378 e. The van der Waals surface area contributed by atoms with Crippen molar-refractivity contribution in [2.75, 3.05) is 26.3 Å². The predicted molar refractivity (Wildman–Crippen MR) is 98.1 cm³/mol. The van der Waals surface area contributed by atoms with Crippen molar-refractivity contribution in [2.45, 2.75) is 25.3 Å². The van der Waals surface area contributed by atoms with Crippen molar-refractivity contribution in [3.8, 4) is 0 Å². The normalized spacial score (nSPS) is 19.1. The Kier molecular flexibility index (Phi) is 5.05. The number of hydrogen-bond acceptors (Lipinski definition) is 3. The number of fused-ring (bicyclic) bond motifs is 1. The number of halogens is 3. The smallest absolute Gasteiger partial charge is 0.228 e. The third-order valence-electron chi connectivity index (χ3n) is 5.59. The molecular formula is C19H20F3N3O2S. The van der Waals surface area contributed by atoms with E-state index in [9.17, 15) is 18.0 Å². The second-order valence-electron chi connectivity index (χ2n) is 7.17. The van der Waals surface area contributed by atoms with Crippen molar-refractivity contribution < 1.29 is 22.7 Å². The van der Waals surface area contributed by atoms with Gasteiger partial charge in [-0.3, -0.25) is 4.79 Å². The second-order valence-corrected chi connectivity index (χ2v) is 7.54. The summed E-state index contributed by atoms with van der Waals surface area (Å²) in [5.74, 6) is -3.59. The van der Waals surface area contributed by atoms with E-state index < -0.39 is 23.4 Å². The first-order valence-electron chi connectivity index (χ1n) is 9.14. The summed E-state index contributed by atoms with van der Waals surface area (Å²) in [7, 11) is 1.79. The summed E-state index contributed by atoms with van der Waals surface area (Å²) in [5, 5.41) is 0. The van der Waals surface area contributed by atoms with Gasteiger partial charge in [0.25, 0.3) is 0 Å². The van der Waals surface area contributed by atoms with Crippen LogP contribution in [0.4, 0.5) is 13.2 Å². The van der Waals surface area contributed by atoms with Gasteiger partial charge in [0.2, 0.25) is 5.91 Å². The molecule has 0 bridgehead atoms. The summed E-state index contributed by atoms with van der Waals surface area (Å²) in [6.07, 6.45) is 0.455. The Morgan fingerprint density at radius 3 is 2.61 bits per heavy atom. The molecule has 3 heterocycles. The molecule has 0 saturated carbocycles. The monoisotopic (exact) mass is 411 g/mol. The Morgan fingerprint density at radius 2 is 1.89 bits per heavy atom. The van der Waals surface area contributed by atoms with Crippen LogP contribution in [0.5, 0.6) is 0 Å². The molecule has 1 aromatic heterocycles. The van der Waals surface area contributed by atoms with Crippen LogP contribution < -0.4 is 0 Å². The summed E-state index contributed by atoms with van der Waals surface area (Å²) in [6, 6.07) is 1.73. The van der Waals surface area contributed by atoms with Gasteiger partial charge in [-0.05, 0) is 30.8 Å². The third-order valence-corrected chi connectivity index (χ3v) is 6.09. The van der Waals surface area contributed by atoms with Crippen molar-refractivity contribution in [2.24, 2.45) is 7.05 Å². The molecule has 0 unspecified atom stereocenters. The van der Waals surface area contributed by atoms with Crippen molar-refractivity contribution in [3.63, 3.8) is 0 Å². The standard InChI is InChI=1S/C19H20F3N3O2S/c1-23-14(9-16(26)24-4-6-27-7-5-24)15-8-11(10-25(15)19(23)28)17-12(20)2-3-13(21)18(17)22/h2-3,11H,4-10H2,1H3/t11-/m1/s1. The van der Waals surface area contributed by atoms with Gasteiger partial charge in [0.1, 0.15) is 5.82 Å². The molecule has 2 aliphatic heterocycles. The van der Waals surface area contributed by atoms with E-state index in [1.807, 2.05) is 0 Å². The Morgan fingerprint density at radius 1 is 1.21 bits per heavy atom. The van der Waals surface area contributed by atoms with Crippen LogP contribution in [0.3, 0.4) is 0 Å². The van der Waals surface area contributed by atoms with E-state index in [1.165, 1.54) is 0 Å². The fourth-order valence-corrected chi connectivity index (χ4v) is 4.39. The first kappa shape index (κ1) is 19.2. The average Bonchev–Trinajstić information content (AvgIpc) is 3.21. The van der Waals surface area contributed by atoms with Crippen LogP contribution in [0.1, 0.15) is 22.9 Å². The summed E-state index contributed by atoms with van der Waals surface area (Å²) in [4.78, 5) is 14.4. The number of benzene rings is 1. The molecule has 2 aliphatic rings. The fourth-order valence-electron chi connectivity index (χ4n) is 4.09. The lowest BCUT2D eigenvalue weighted by atomic mass is 9.95. The molecule has 1 amide bonds. The maximum Gasteiger partial charge on any atom is 0.228 e. The lowest BCUT2D eigenvalue weighted by Gasteiger charge is -2.27. The first-order chi connectivity index (χ1) is 13.4. The molecule has 9 heteroatoms. The minimum Gasteiger partial charge on any atom is -0.378 e. The van der Waals surface area contributed by atoms with Crippen LogP contribution in [-0.4, -0.2) is 46.2 Å². The third kappa shape index (κ3) is 3.16. The maximum absolute atomic E-state index is 14.2. The highest BCUT2D eigenvalue weighted by atomic mass is 32.1. The number of rotatable bonds is 3. The number of hydrogen-bond donors (Lipinski definition) is 0. The Balaban J connectivity index is 1.63. The zero-order chi connectivity index (χ0) is 20.0. The minimum absolute atomic E-state index is 0.0335. The Labute approximate surface area is 165 Å². The molecule has 150 valence electrons. The van der Waals surface area contributed by atoms with Gasteiger partial charge in [-0.1, -0.05) is 0 Å². The summed E-state index contributed by atoms with van der Waals surface area (Å²) >= 11 is 5.46. The van der Waals surface area contributed by atoms with Crippen LogP contribution in [0.2, 0.25) is 0 Å². The number of carbonyl (C=O) groups is 1. The zero-order valence-corrected chi connectivity index (χ0v) is 16.2. The summed E-state index contributed by atoms with van der Waals surface area (Å²) < 4.78 is 51.4. The minimum atomic E-state index is -1.16. The summed E-state index contributed by atoms with van der Waals surface area (Å²) in [5.41, 5.74) is 1.26. The Bertz CT molecular complexity index is 995. The molecule has 1 saturated heterocycles. The lowest BCUT2D eigenvalue weighted by Crippen LogP contribution is -2.41. The SMILES string of the molecule is Cn1c(CC(=O)N2CCOCC2)c2n(c1=S)C[C@H](c1c(F)ccc(F)c1F)C2. The molecule has 1 aromatic carbocycles. The van der Waals surface area contributed by atoms with Gasteiger partial charge < -0.3 is 18.8 Å². The molecular weight excluding hydrogens is 391 g/mol. The van der Waals surface area contributed by atoms with E-state index in [4.69, 9.17) is 17.0 Å². The van der Waals surface area contributed by atoms with E-state index >= 15 is 0 Å². The number of imidazole rings is 1. The summed E-state index contributed by atoms with van der Waals surface area (Å²) in [6.45, 7) is 2.37. The molecule has 0 aliphatic carbocycles. The van der Waals surface area contributed by atoms with Crippen molar-refractivity contribution in [3.05, 3.63) is 51.3 Å². The van der Waals surface area contributed by atoms with Gasteiger partial charge in [0, 0.05) is 49.6 Å². The van der Waals surface area contributed by atoms with E-state index in [0.29, 0.717) is 37.5 Å². The molecule has 0 radical (unpaired) electrons. The van der Waals surface area contributed by atoms with Gasteiger partial charge >= 0.3 is 0 Å². The van der Waals surface area contributed by atoms with Crippen LogP contribution in [0, 0.1) is 22.2 Å². The number of ether oxygens (including phenoxy) is 1. The van der Waals surface area contributed by atoms with Crippen LogP contribution in [-0.2, 0) is 36.0 Å². The molecule has 5 nitrogen and oxygen atoms in total. The number of amides is 1. The molecule has 2 aromatic rings. The molecule has 1 fully saturated rings. The van der Waals surface area contributed by atoms with Crippen molar-refractivity contribution in [1.29, 1.82) is 0 Å². The van der Waals surface area contributed by atoms with Gasteiger partial charge in [-0.25, -0.2) is 13.2 Å². The van der Waals surface area contributed by atoms with E-state index in [1.54, 1.807) is 21.1 Å². The number of aromatic nitrogens is 2. The van der Waals surface area contributed by atoms with Gasteiger partial charge in [0.05, 0.1) is 19.6 Å². The van der Waals surface area contributed by atoms with Crippen LogP contribution in [0.25, 0.3) is 0 Å². The first-order valence-corrected chi connectivity index (χ1v) is 9.55. The maximum atomic E-state index is 14.2. The predicted octanol–water partition coefficient (Wildman–Crippen LogP) is 2.71. The van der Waals surface area contributed by atoms with E-state index in [2.05, 4.69) is 0 Å². The number of morpholine rings is 1. The molecule has 0 N–H and O–H groups in total. The van der Waals surface area contributed by atoms with Crippen LogP contribution >= 0.6 is 12.2 Å². The van der Waals surface area contributed by atoms with E-state index in [0.717, 1.165) is 23.5 Å². The topological polar surface area (TPSA) is 39.4 Å². The van der Waals surface area contributed by atoms with Gasteiger partial charge in [0.15, 0.2) is 16.4 Å². The molecule has 4 rings (SSSR count). The average molecular weight is 411 g/mol. The zero-order valence-electron chi connectivity index (χ0n) is 15.4. The quantitative estimate of drug-likeness (QED) is 0.576. The highest BCUT2D eigenvalue weighted by molar-refractivity contribution is 7.71. The molecule has 1 atom stereocenters.